The molecule has 2 atom stereocenters. The summed E-state index contributed by atoms with van der Waals surface area (Å²) in [5, 5.41) is 0. The third-order valence-corrected chi connectivity index (χ3v) is 2.87. The van der Waals surface area contributed by atoms with Gasteiger partial charge < -0.3 is 0 Å². The van der Waals surface area contributed by atoms with E-state index in [1.807, 2.05) is 0 Å². The molecule has 0 aromatic rings. The van der Waals surface area contributed by atoms with E-state index >= 15 is 0 Å². The van der Waals surface area contributed by atoms with Crippen molar-refractivity contribution in [3.05, 3.63) is 0 Å². The van der Waals surface area contributed by atoms with Crippen LogP contribution >= 0.6 is 0 Å². The average molecular weight is 184 g/mol. The molecular formula is C13H28. The van der Waals surface area contributed by atoms with E-state index in [-0.39, 0.29) is 0 Å². The highest BCUT2D eigenvalue weighted by Gasteiger charge is 2.18. The van der Waals surface area contributed by atoms with Gasteiger partial charge in [0.05, 0.1) is 0 Å². The van der Waals surface area contributed by atoms with Gasteiger partial charge in [0, 0.05) is 0 Å². The van der Waals surface area contributed by atoms with Crippen molar-refractivity contribution in [1.29, 1.82) is 0 Å². The van der Waals surface area contributed by atoms with Crippen LogP contribution in [0, 0.1) is 23.2 Å². The van der Waals surface area contributed by atoms with Gasteiger partial charge in [0.25, 0.3) is 0 Å². The summed E-state index contributed by atoms with van der Waals surface area (Å²) < 4.78 is 0. The highest BCUT2D eigenvalue weighted by molar-refractivity contribution is 4.69. The summed E-state index contributed by atoms with van der Waals surface area (Å²) in [4.78, 5) is 0. The van der Waals surface area contributed by atoms with E-state index < -0.39 is 0 Å². The molecular weight excluding hydrogens is 156 g/mol. The lowest BCUT2D eigenvalue weighted by atomic mass is 9.80. The minimum Gasteiger partial charge on any atom is -0.0625 e. The second-order valence-electron chi connectivity index (χ2n) is 6.33. The van der Waals surface area contributed by atoms with E-state index in [9.17, 15) is 0 Å². The molecule has 0 rings (SSSR count). The van der Waals surface area contributed by atoms with Crippen LogP contribution in [0.15, 0.2) is 0 Å². The van der Waals surface area contributed by atoms with Gasteiger partial charge in [0.15, 0.2) is 0 Å². The Kier molecular flexibility index (Phi) is 5.02. The van der Waals surface area contributed by atoms with Crippen LogP contribution in [0.2, 0.25) is 0 Å². The molecule has 0 nitrogen and oxygen atoms in total. The van der Waals surface area contributed by atoms with Crippen molar-refractivity contribution < 1.29 is 0 Å². The summed E-state index contributed by atoms with van der Waals surface area (Å²) in [6.07, 6.45) is 2.74. The summed E-state index contributed by atoms with van der Waals surface area (Å²) in [5.41, 5.74) is 0.496. The molecule has 0 N–H and O–H groups in total. The van der Waals surface area contributed by atoms with Crippen molar-refractivity contribution in [2.75, 3.05) is 0 Å². The fourth-order valence-corrected chi connectivity index (χ4v) is 2.04. The van der Waals surface area contributed by atoms with Crippen LogP contribution in [0.1, 0.15) is 61.3 Å². The third kappa shape index (κ3) is 7.10. The SMILES string of the molecule is CC(CC(C)C(C)C)CC(C)(C)C. The molecule has 0 bridgehead atoms. The van der Waals surface area contributed by atoms with Gasteiger partial charge in [-0.1, -0.05) is 48.5 Å². The normalized spacial score (nSPS) is 17.5. The molecule has 0 aliphatic rings. The van der Waals surface area contributed by atoms with Gasteiger partial charge in [-0.25, -0.2) is 0 Å². The van der Waals surface area contributed by atoms with Crippen molar-refractivity contribution in [1.82, 2.24) is 0 Å². The van der Waals surface area contributed by atoms with Gasteiger partial charge in [-0.2, -0.15) is 0 Å². The molecule has 0 saturated carbocycles. The molecule has 0 amide bonds. The van der Waals surface area contributed by atoms with Crippen LogP contribution in [-0.2, 0) is 0 Å². The first-order valence-electron chi connectivity index (χ1n) is 5.72. The van der Waals surface area contributed by atoms with Gasteiger partial charge in [-0.15, -0.1) is 0 Å². The van der Waals surface area contributed by atoms with E-state index in [2.05, 4.69) is 48.5 Å². The van der Waals surface area contributed by atoms with E-state index in [0.717, 1.165) is 17.8 Å². The van der Waals surface area contributed by atoms with E-state index in [4.69, 9.17) is 0 Å². The molecule has 0 radical (unpaired) electrons. The predicted molar refractivity (Wildman–Crippen MR) is 61.9 cm³/mol. The van der Waals surface area contributed by atoms with Crippen LogP contribution < -0.4 is 0 Å². The summed E-state index contributed by atoms with van der Waals surface area (Å²) in [6, 6.07) is 0. The monoisotopic (exact) mass is 184 g/mol. The van der Waals surface area contributed by atoms with Crippen molar-refractivity contribution in [2.45, 2.75) is 61.3 Å². The molecule has 0 fully saturated rings. The maximum Gasteiger partial charge on any atom is -0.0380 e. The second-order valence-corrected chi connectivity index (χ2v) is 6.33. The third-order valence-electron chi connectivity index (χ3n) is 2.87. The second kappa shape index (κ2) is 5.02. The minimum absolute atomic E-state index is 0.496. The average Bonchev–Trinajstić information content (AvgIpc) is 1.81. The first-order valence-corrected chi connectivity index (χ1v) is 5.72. The predicted octanol–water partition coefficient (Wildman–Crippen LogP) is 4.74. The van der Waals surface area contributed by atoms with Gasteiger partial charge in [0.1, 0.15) is 0 Å². The highest BCUT2D eigenvalue weighted by Crippen LogP contribution is 2.29. The molecule has 2 unspecified atom stereocenters. The van der Waals surface area contributed by atoms with Gasteiger partial charge >= 0.3 is 0 Å². The van der Waals surface area contributed by atoms with Crippen LogP contribution in [-0.4, -0.2) is 0 Å². The zero-order valence-corrected chi connectivity index (χ0v) is 10.6. The van der Waals surface area contributed by atoms with Crippen molar-refractivity contribution in [3.63, 3.8) is 0 Å². The first kappa shape index (κ1) is 13.0. The Morgan fingerprint density at radius 2 is 1.38 bits per heavy atom. The van der Waals surface area contributed by atoms with E-state index in [0.29, 0.717) is 5.41 Å². The fourth-order valence-electron chi connectivity index (χ4n) is 2.04. The van der Waals surface area contributed by atoms with Gasteiger partial charge in [-0.05, 0) is 36.0 Å². The number of hydrogen-bond donors (Lipinski definition) is 0. The van der Waals surface area contributed by atoms with Crippen molar-refractivity contribution >= 4 is 0 Å². The Morgan fingerprint density at radius 3 is 1.69 bits per heavy atom. The lowest BCUT2D eigenvalue weighted by Crippen LogP contribution is -2.15. The zero-order chi connectivity index (χ0) is 10.6. The lowest BCUT2D eigenvalue weighted by Gasteiger charge is -2.26. The first-order chi connectivity index (χ1) is 5.72. The Morgan fingerprint density at radius 1 is 0.923 bits per heavy atom. The van der Waals surface area contributed by atoms with Crippen molar-refractivity contribution in [3.8, 4) is 0 Å². The minimum atomic E-state index is 0.496. The molecule has 0 aromatic carbocycles. The molecule has 0 aliphatic carbocycles. The summed E-state index contributed by atoms with van der Waals surface area (Å²) in [6.45, 7) is 16.4. The van der Waals surface area contributed by atoms with Crippen LogP contribution in [0.3, 0.4) is 0 Å². The Labute approximate surface area is 85.1 Å². The molecule has 80 valence electrons. The van der Waals surface area contributed by atoms with Crippen molar-refractivity contribution in [2.24, 2.45) is 23.2 Å². The van der Waals surface area contributed by atoms with Gasteiger partial charge in [0.2, 0.25) is 0 Å². The summed E-state index contributed by atoms with van der Waals surface area (Å²) >= 11 is 0. The molecule has 0 heterocycles. The Hall–Kier alpha value is 0. The topological polar surface area (TPSA) is 0 Å². The maximum absolute atomic E-state index is 2.39. The molecule has 0 aliphatic heterocycles. The summed E-state index contributed by atoms with van der Waals surface area (Å²) in [7, 11) is 0. The van der Waals surface area contributed by atoms with Crippen LogP contribution in [0.4, 0.5) is 0 Å². The Bertz CT molecular complexity index is 127. The van der Waals surface area contributed by atoms with Crippen LogP contribution in [0.25, 0.3) is 0 Å². The fraction of sp³-hybridized carbons (Fsp3) is 1.00. The molecule has 0 saturated heterocycles. The van der Waals surface area contributed by atoms with E-state index in [1.54, 1.807) is 0 Å². The molecule has 0 heteroatoms. The quantitative estimate of drug-likeness (QED) is 0.592. The van der Waals surface area contributed by atoms with E-state index in [1.165, 1.54) is 12.8 Å². The number of rotatable bonds is 4. The largest absolute Gasteiger partial charge is 0.0625 e. The standard InChI is InChI=1S/C13H28/c1-10(2)12(4)8-11(3)9-13(5,6)7/h10-12H,8-9H2,1-7H3. The molecule has 13 heavy (non-hydrogen) atoms. The van der Waals surface area contributed by atoms with Gasteiger partial charge in [-0.3, -0.25) is 0 Å². The zero-order valence-electron chi connectivity index (χ0n) is 10.6. The lowest BCUT2D eigenvalue weighted by molar-refractivity contribution is 0.250. The van der Waals surface area contributed by atoms with Crippen LogP contribution in [0.5, 0.6) is 0 Å². The molecule has 0 spiro atoms. The summed E-state index contributed by atoms with van der Waals surface area (Å²) in [5.74, 6) is 2.58. The number of hydrogen-bond acceptors (Lipinski definition) is 0. The highest BCUT2D eigenvalue weighted by atomic mass is 14.2. The maximum atomic E-state index is 2.39. The molecule has 0 aromatic heterocycles. The smallest absolute Gasteiger partial charge is 0.0380 e. The Balaban J connectivity index is 3.81.